The van der Waals surface area contributed by atoms with Gasteiger partial charge in [-0.3, -0.25) is 4.79 Å². The summed E-state index contributed by atoms with van der Waals surface area (Å²) in [6.07, 6.45) is 3.31. The Bertz CT molecular complexity index is 1090. The van der Waals surface area contributed by atoms with E-state index in [1.54, 1.807) is 48.8 Å². The molecule has 1 amide bonds. The molecule has 1 N–H and O–H groups in total. The molecule has 0 bridgehead atoms. The summed E-state index contributed by atoms with van der Waals surface area (Å²) in [4.78, 5) is 37.7. The van der Waals surface area contributed by atoms with Crippen molar-refractivity contribution in [1.29, 1.82) is 0 Å². The molecule has 0 unspecified atom stereocenters. The van der Waals surface area contributed by atoms with Gasteiger partial charge in [-0.2, -0.15) is 0 Å². The summed E-state index contributed by atoms with van der Waals surface area (Å²) in [5, 5.41) is 4.48. The molecule has 1 aliphatic rings. The number of anilines is 2. The van der Waals surface area contributed by atoms with Crippen LogP contribution in [0.1, 0.15) is 20.7 Å². The van der Waals surface area contributed by atoms with Crippen molar-refractivity contribution >= 4 is 34.3 Å². The topological polar surface area (TPSA) is 87.7 Å². The Balaban J connectivity index is 1.52. The fourth-order valence-electron chi connectivity index (χ4n) is 3.41. The number of benzene rings is 1. The number of pyridine rings is 2. The number of methoxy groups -OCH3 is 1. The van der Waals surface area contributed by atoms with Crippen molar-refractivity contribution in [2.24, 2.45) is 0 Å². The van der Waals surface area contributed by atoms with E-state index in [4.69, 9.17) is 4.74 Å². The maximum atomic E-state index is 12.8. The second kappa shape index (κ2) is 8.46. The summed E-state index contributed by atoms with van der Waals surface area (Å²) in [5.41, 5.74) is 0.962. The van der Waals surface area contributed by atoms with Gasteiger partial charge < -0.3 is 19.9 Å². The SMILES string of the molecule is COC(=O)c1ccc2cnc(NC(=O)c3ccnc(N4CCN(C)CC4)c3)cc2c1. The molecular weight excluding hydrogens is 382 g/mol. The Kier molecular flexibility index (Phi) is 5.58. The summed E-state index contributed by atoms with van der Waals surface area (Å²) in [6, 6.07) is 10.4. The number of fused-ring (bicyclic) bond motifs is 1. The normalized spacial score (nSPS) is 14.5. The van der Waals surface area contributed by atoms with Crippen molar-refractivity contribution in [3.05, 3.63) is 59.9 Å². The Morgan fingerprint density at radius 2 is 1.77 bits per heavy atom. The monoisotopic (exact) mass is 405 g/mol. The van der Waals surface area contributed by atoms with Crippen LogP contribution >= 0.6 is 0 Å². The third kappa shape index (κ3) is 4.23. The van der Waals surface area contributed by atoms with Gasteiger partial charge in [-0.25, -0.2) is 14.8 Å². The van der Waals surface area contributed by atoms with E-state index >= 15 is 0 Å². The largest absolute Gasteiger partial charge is 0.465 e. The number of ether oxygens (including phenoxy) is 1. The highest BCUT2D eigenvalue weighted by atomic mass is 16.5. The molecule has 1 saturated heterocycles. The van der Waals surface area contributed by atoms with E-state index in [2.05, 4.69) is 32.1 Å². The summed E-state index contributed by atoms with van der Waals surface area (Å²) < 4.78 is 4.77. The lowest BCUT2D eigenvalue weighted by atomic mass is 10.1. The number of nitrogens with zero attached hydrogens (tertiary/aromatic N) is 4. The fourth-order valence-corrected chi connectivity index (χ4v) is 3.41. The van der Waals surface area contributed by atoms with Gasteiger partial charge in [-0.15, -0.1) is 0 Å². The van der Waals surface area contributed by atoms with E-state index in [0.717, 1.165) is 42.8 Å². The van der Waals surface area contributed by atoms with Gasteiger partial charge in [0, 0.05) is 49.5 Å². The van der Waals surface area contributed by atoms with Crippen LogP contribution in [0.15, 0.2) is 48.8 Å². The second-order valence-electron chi connectivity index (χ2n) is 7.27. The van der Waals surface area contributed by atoms with Crippen molar-refractivity contribution in [3.8, 4) is 0 Å². The fraction of sp³-hybridized carbons (Fsp3) is 0.273. The van der Waals surface area contributed by atoms with Crippen LogP contribution in [-0.2, 0) is 4.74 Å². The number of likely N-dealkylation sites (N-methyl/N-ethyl adjacent to an activating group) is 1. The molecule has 0 atom stereocenters. The average Bonchev–Trinajstić information content (AvgIpc) is 2.78. The number of nitrogens with one attached hydrogen (secondary N) is 1. The zero-order valence-electron chi connectivity index (χ0n) is 17.0. The maximum Gasteiger partial charge on any atom is 0.337 e. The Morgan fingerprint density at radius 3 is 2.53 bits per heavy atom. The lowest BCUT2D eigenvalue weighted by Gasteiger charge is -2.33. The number of carbonyl (C=O) groups is 2. The Morgan fingerprint density at radius 1 is 0.967 bits per heavy atom. The predicted molar refractivity (Wildman–Crippen MR) is 115 cm³/mol. The molecule has 0 aliphatic carbocycles. The minimum atomic E-state index is -0.410. The highest BCUT2D eigenvalue weighted by molar-refractivity contribution is 6.05. The van der Waals surface area contributed by atoms with Crippen LogP contribution in [-0.4, -0.2) is 67.1 Å². The summed E-state index contributed by atoms with van der Waals surface area (Å²) in [7, 11) is 3.44. The van der Waals surface area contributed by atoms with Gasteiger partial charge in [0.05, 0.1) is 12.7 Å². The first-order valence-corrected chi connectivity index (χ1v) is 9.72. The number of esters is 1. The van der Waals surface area contributed by atoms with Gasteiger partial charge in [-0.1, -0.05) is 6.07 Å². The molecule has 0 saturated carbocycles. The molecule has 3 heterocycles. The lowest BCUT2D eigenvalue weighted by Crippen LogP contribution is -2.44. The van der Waals surface area contributed by atoms with Gasteiger partial charge in [-0.05, 0) is 42.8 Å². The first kappa shape index (κ1) is 19.8. The minimum Gasteiger partial charge on any atom is -0.465 e. The number of carbonyl (C=O) groups excluding carboxylic acids is 2. The van der Waals surface area contributed by atoms with Crippen LogP contribution in [0, 0.1) is 0 Å². The third-order valence-corrected chi connectivity index (χ3v) is 5.22. The van der Waals surface area contributed by atoms with E-state index in [9.17, 15) is 9.59 Å². The second-order valence-corrected chi connectivity index (χ2v) is 7.27. The molecule has 154 valence electrons. The van der Waals surface area contributed by atoms with Crippen molar-refractivity contribution in [3.63, 3.8) is 0 Å². The van der Waals surface area contributed by atoms with Gasteiger partial charge in [0.1, 0.15) is 11.6 Å². The summed E-state index contributed by atoms with van der Waals surface area (Å²) in [5.74, 6) is 0.536. The molecule has 0 radical (unpaired) electrons. The van der Waals surface area contributed by atoms with Crippen LogP contribution < -0.4 is 10.2 Å². The highest BCUT2D eigenvalue weighted by Crippen LogP contribution is 2.20. The Hall–Kier alpha value is -3.52. The number of amides is 1. The van der Waals surface area contributed by atoms with Crippen LogP contribution in [0.3, 0.4) is 0 Å². The van der Waals surface area contributed by atoms with Gasteiger partial charge in [0.2, 0.25) is 0 Å². The predicted octanol–water partition coefficient (Wildman–Crippen LogP) is 2.42. The van der Waals surface area contributed by atoms with Crippen LogP contribution in [0.2, 0.25) is 0 Å². The van der Waals surface area contributed by atoms with Crippen molar-refractivity contribution in [1.82, 2.24) is 14.9 Å². The van der Waals surface area contributed by atoms with E-state index in [0.29, 0.717) is 16.9 Å². The van der Waals surface area contributed by atoms with E-state index < -0.39 is 5.97 Å². The Labute approximate surface area is 174 Å². The average molecular weight is 405 g/mol. The minimum absolute atomic E-state index is 0.260. The van der Waals surface area contributed by atoms with Gasteiger partial charge >= 0.3 is 5.97 Å². The molecule has 2 aromatic heterocycles. The molecule has 1 aromatic carbocycles. The first-order valence-electron chi connectivity index (χ1n) is 9.72. The highest BCUT2D eigenvalue weighted by Gasteiger charge is 2.17. The molecule has 0 spiro atoms. The van der Waals surface area contributed by atoms with Crippen LogP contribution in [0.5, 0.6) is 0 Å². The number of rotatable bonds is 4. The smallest absolute Gasteiger partial charge is 0.337 e. The molecule has 1 aliphatic heterocycles. The molecule has 4 rings (SSSR count). The van der Waals surface area contributed by atoms with Gasteiger partial charge in [0.25, 0.3) is 5.91 Å². The molecule has 8 heteroatoms. The summed E-state index contributed by atoms with van der Waals surface area (Å²) in [6.45, 7) is 3.69. The number of piperazine rings is 1. The van der Waals surface area contributed by atoms with Crippen LogP contribution in [0.4, 0.5) is 11.6 Å². The van der Waals surface area contributed by atoms with Gasteiger partial charge in [0.15, 0.2) is 0 Å². The third-order valence-electron chi connectivity index (χ3n) is 5.22. The maximum absolute atomic E-state index is 12.8. The number of hydrogen-bond acceptors (Lipinski definition) is 7. The standard InChI is InChI=1S/C22H23N5O3/c1-26-7-9-27(10-8-26)20-13-15(5-6-23-20)21(28)25-19-12-18-11-16(22(29)30-2)3-4-17(18)14-24-19/h3-6,11-14H,7-10H2,1-2H3,(H,24,25,28). The first-order chi connectivity index (χ1) is 14.5. The number of hydrogen-bond donors (Lipinski definition) is 1. The quantitative estimate of drug-likeness (QED) is 0.667. The molecule has 30 heavy (non-hydrogen) atoms. The van der Waals surface area contributed by atoms with E-state index in [1.165, 1.54) is 7.11 Å². The molecular formula is C22H23N5O3. The lowest BCUT2D eigenvalue weighted by molar-refractivity contribution is 0.0600. The number of aromatic nitrogens is 2. The zero-order valence-corrected chi connectivity index (χ0v) is 17.0. The van der Waals surface area contributed by atoms with Crippen LogP contribution in [0.25, 0.3) is 10.8 Å². The van der Waals surface area contributed by atoms with Crippen molar-refractivity contribution < 1.29 is 14.3 Å². The van der Waals surface area contributed by atoms with E-state index in [-0.39, 0.29) is 5.91 Å². The zero-order chi connectivity index (χ0) is 21.1. The molecule has 8 nitrogen and oxygen atoms in total. The van der Waals surface area contributed by atoms with Crippen molar-refractivity contribution in [2.45, 2.75) is 0 Å². The van der Waals surface area contributed by atoms with E-state index in [1.807, 2.05) is 0 Å². The van der Waals surface area contributed by atoms with Crippen molar-refractivity contribution in [2.75, 3.05) is 50.6 Å². The molecule has 1 fully saturated rings. The summed E-state index contributed by atoms with van der Waals surface area (Å²) >= 11 is 0. The molecule has 3 aromatic rings.